The number of nitrogens with one attached hydrogen (secondary N) is 1. The summed E-state index contributed by atoms with van der Waals surface area (Å²) in [5, 5.41) is 22.3. The number of fused-ring (bicyclic) bond motifs is 3. The highest BCUT2D eigenvalue weighted by molar-refractivity contribution is 5.59. The maximum Gasteiger partial charge on any atom is 0.160 e. The van der Waals surface area contributed by atoms with Crippen molar-refractivity contribution < 1.29 is 23.7 Å². The summed E-state index contributed by atoms with van der Waals surface area (Å²) in [6, 6.07) is 3.18. The van der Waals surface area contributed by atoms with Crippen LogP contribution >= 0.6 is 0 Å². The zero-order valence-electron chi connectivity index (χ0n) is 14.6. The third-order valence-corrected chi connectivity index (χ3v) is 5.75. The highest BCUT2D eigenvalue weighted by Crippen LogP contribution is 2.49. The number of rotatable bonds is 2. The second kappa shape index (κ2) is 6.67. The van der Waals surface area contributed by atoms with Gasteiger partial charge in [0.2, 0.25) is 0 Å². The van der Waals surface area contributed by atoms with Crippen molar-refractivity contribution in [3.8, 4) is 0 Å². The Morgan fingerprint density at radius 2 is 2.08 bits per heavy atom. The van der Waals surface area contributed by atoms with Gasteiger partial charge in [-0.1, -0.05) is 6.07 Å². The van der Waals surface area contributed by atoms with Gasteiger partial charge >= 0.3 is 0 Å². The summed E-state index contributed by atoms with van der Waals surface area (Å²) < 4.78 is 34.7. The van der Waals surface area contributed by atoms with Gasteiger partial charge in [0.05, 0.1) is 24.5 Å². The summed E-state index contributed by atoms with van der Waals surface area (Å²) in [6.07, 6.45) is 4.26. The van der Waals surface area contributed by atoms with Gasteiger partial charge < -0.3 is 20.3 Å². The molecule has 26 heavy (non-hydrogen) atoms. The molecular weight excluding hydrogens is 340 g/mol. The fraction of sp³-hybridized carbons (Fsp3) is 0.500. The van der Waals surface area contributed by atoms with Crippen molar-refractivity contribution in [3.05, 3.63) is 52.8 Å². The van der Waals surface area contributed by atoms with Crippen LogP contribution in [0.1, 0.15) is 36.5 Å². The zero-order valence-corrected chi connectivity index (χ0v) is 14.6. The van der Waals surface area contributed by atoms with Crippen molar-refractivity contribution in [2.75, 3.05) is 11.9 Å². The van der Waals surface area contributed by atoms with Crippen LogP contribution in [0.5, 0.6) is 0 Å². The molecule has 0 aromatic heterocycles. The van der Waals surface area contributed by atoms with Gasteiger partial charge in [-0.05, 0) is 50.0 Å². The molecule has 1 aromatic carbocycles. The van der Waals surface area contributed by atoms with E-state index < -0.39 is 5.83 Å². The fourth-order valence-corrected chi connectivity index (χ4v) is 4.49. The highest BCUT2D eigenvalue weighted by Gasteiger charge is 2.45. The number of ether oxygens (including phenoxy) is 1. The first-order chi connectivity index (χ1) is 12.5. The molecule has 2 heterocycles. The van der Waals surface area contributed by atoms with E-state index >= 15 is 0 Å². The standard InChI is InChI=1S/C20H23F2NO3/c1-10-6-14-19(16(22)7-10)23-18(11-2-5-17(25)15(21)8-11)13-4-3-12(9-24)26-20(13)14/h5-8,11-13,18,20,23-25H,2-4,9H2,1H3/t11?,12-,13+,18+,20+/m1/s1. The van der Waals surface area contributed by atoms with E-state index in [2.05, 4.69) is 5.32 Å². The van der Waals surface area contributed by atoms with Crippen molar-refractivity contribution >= 4 is 5.69 Å². The van der Waals surface area contributed by atoms with E-state index in [0.29, 0.717) is 18.5 Å². The molecule has 5 atom stereocenters. The van der Waals surface area contributed by atoms with Crippen molar-refractivity contribution in [1.29, 1.82) is 0 Å². The monoisotopic (exact) mass is 363 g/mol. The van der Waals surface area contributed by atoms with E-state index in [9.17, 15) is 19.0 Å². The minimum absolute atomic E-state index is 0.0363. The molecule has 1 unspecified atom stereocenters. The normalized spacial score (nSPS) is 33.5. The maximum absolute atomic E-state index is 14.6. The molecule has 0 spiro atoms. The highest BCUT2D eigenvalue weighted by atomic mass is 19.1. The number of aliphatic hydroxyl groups excluding tert-OH is 2. The largest absolute Gasteiger partial charge is 0.505 e. The summed E-state index contributed by atoms with van der Waals surface area (Å²) >= 11 is 0. The van der Waals surface area contributed by atoms with Crippen molar-refractivity contribution in [1.82, 2.24) is 0 Å². The third-order valence-electron chi connectivity index (χ3n) is 5.75. The lowest BCUT2D eigenvalue weighted by molar-refractivity contribution is -0.112. The molecule has 1 aromatic rings. The summed E-state index contributed by atoms with van der Waals surface area (Å²) in [5.41, 5.74) is 1.97. The molecular formula is C20H23F2NO3. The lowest BCUT2D eigenvalue weighted by atomic mass is 9.72. The van der Waals surface area contributed by atoms with E-state index in [-0.39, 0.29) is 48.3 Å². The van der Waals surface area contributed by atoms with Crippen LogP contribution in [0.25, 0.3) is 0 Å². The molecule has 0 bridgehead atoms. The van der Waals surface area contributed by atoms with Gasteiger partial charge in [-0.25, -0.2) is 8.78 Å². The van der Waals surface area contributed by atoms with Gasteiger partial charge in [0.25, 0.3) is 0 Å². The molecule has 2 aliphatic heterocycles. The lowest BCUT2D eigenvalue weighted by Gasteiger charge is -2.47. The predicted molar refractivity (Wildman–Crippen MR) is 94.0 cm³/mol. The van der Waals surface area contributed by atoms with E-state index in [0.717, 1.165) is 17.5 Å². The third kappa shape index (κ3) is 2.91. The van der Waals surface area contributed by atoms with Crippen LogP contribution < -0.4 is 5.32 Å². The van der Waals surface area contributed by atoms with Gasteiger partial charge in [-0.3, -0.25) is 0 Å². The maximum atomic E-state index is 14.6. The summed E-state index contributed by atoms with van der Waals surface area (Å²) in [6.45, 7) is 1.77. The van der Waals surface area contributed by atoms with Gasteiger partial charge in [-0.15, -0.1) is 0 Å². The Hall–Kier alpha value is -1.92. The molecule has 1 aliphatic carbocycles. The minimum atomic E-state index is -0.639. The molecule has 1 fully saturated rings. The lowest BCUT2D eigenvalue weighted by Crippen LogP contribution is -2.47. The van der Waals surface area contributed by atoms with Gasteiger partial charge in [0.15, 0.2) is 5.83 Å². The van der Waals surface area contributed by atoms with Crippen LogP contribution in [0.3, 0.4) is 0 Å². The van der Waals surface area contributed by atoms with Gasteiger partial charge in [-0.2, -0.15) is 0 Å². The smallest absolute Gasteiger partial charge is 0.160 e. The van der Waals surface area contributed by atoms with E-state index in [4.69, 9.17) is 4.74 Å². The first-order valence-electron chi connectivity index (χ1n) is 9.07. The fourth-order valence-electron chi connectivity index (χ4n) is 4.49. The molecule has 1 saturated heterocycles. The topological polar surface area (TPSA) is 61.7 Å². The van der Waals surface area contributed by atoms with Crippen LogP contribution in [-0.2, 0) is 4.74 Å². The number of halogens is 2. The van der Waals surface area contributed by atoms with Gasteiger partial charge in [0, 0.05) is 23.4 Å². The second-order valence-corrected chi connectivity index (χ2v) is 7.49. The summed E-state index contributed by atoms with van der Waals surface area (Å²) in [7, 11) is 0. The SMILES string of the molecule is Cc1cc(F)c2c(c1)[C@H]1O[C@@H](CO)CC[C@H]1[C@H](C1C=C(F)C(O)=CC1)N2. The average Bonchev–Trinajstić information content (AvgIpc) is 2.63. The zero-order chi connectivity index (χ0) is 18.4. The van der Waals surface area contributed by atoms with Crippen LogP contribution in [0, 0.1) is 24.6 Å². The molecule has 3 N–H and O–H groups in total. The molecule has 0 saturated carbocycles. The van der Waals surface area contributed by atoms with Crippen LogP contribution in [0.2, 0.25) is 0 Å². The predicted octanol–water partition coefficient (Wildman–Crippen LogP) is 4.07. The number of allylic oxidation sites excluding steroid dienone is 2. The molecule has 4 rings (SSSR count). The minimum Gasteiger partial charge on any atom is -0.505 e. The van der Waals surface area contributed by atoms with Gasteiger partial charge in [0.1, 0.15) is 11.6 Å². The number of anilines is 1. The second-order valence-electron chi connectivity index (χ2n) is 7.49. The quantitative estimate of drug-likeness (QED) is 0.741. The number of aliphatic hydroxyl groups is 2. The summed E-state index contributed by atoms with van der Waals surface area (Å²) in [5.74, 6) is -1.50. The molecule has 0 radical (unpaired) electrons. The van der Waals surface area contributed by atoms with E-state index in [1.165, 1.54) is 18.2 Å². The Morgan fingerprint density at radius 1 is 1.27 bits per heavy atom. The van der Waals surface area contributed by atoms with Crippen molar-refractivity contribution in [2.24, 2.45) is 11.8 Å². The first-order valence-corrected chi connectivity index (χ1v) is 9.07. The van der Waals surface area contributed by atoms with Crippen molar-refractivity contribution in [2.45, 2.75) is 44.4 Å². The average molecular weight is 363 g/mol. The Bertz CT molecular complexity index is 777. The van der Waals surface area contributed by atoms with Crippen molar-refractivity contribution in [3.63, 3.8) is 0 Å². The number of aryl methyl sites for hydroxylation is 1. The molecule has 140 valence electrons. The number of hydrogen-bond donors (Lipinski definition) is 3. The Morgan fingerprint density at radius 3 is 2.81 bits per heavy atom. The first kappa shape index (κ1) is 17.5. The number of hydrogen-bond acceptors (Lipinski definition) is 4. The van der Waals surface area contributed by atoms with Crippen LogP contribution in [0.15, 0.2) is 35.9 Å². The molecule has 3 aliphatic rings. The molecule has 0 amide bonds. The summed E-state index contributed by atoms with van der Waals surface area (Å²) in [4.78, 5) is 0. The number of benzene rings is 1. The Balaban J connectivity index is 1.74. The Labute approximate surface area is 151 Å². The van der Waals surface area contributed by atoms with E-state index in [1.807, 2.05) is 13.0 Å². The van der Waals surface area contributed by atoms with E-state index in [1.54, 1.807) is 0 Å². The molecule has 4 nitrogen and oxygen atoms in total. The Kier molecular flexibility index (Phi) is 4.49. The molecule has 6 heteroatoms. The van der Waals surface area contributed by atoms with Crippen LogP contribution in [0.4, 0.5) is 14.5 Å². The van der Waals surface area contributed by atoms with Crippen LogP contribution in [-0.4, -0.2) is 29.0 Å².